The van der Waals surface area contributed by atoms with Crippen molar-refractivity contribution in [3.8, 4) is 5.75 Å². The van der Waals surface area contributed by atoms with E-state index in [1.807, 2.05) is 0 Å². The highest BCUT2D eigenvalue weighted by atomic mass is 35.5. The molecule has 1 N–H and O–H groups in total. The molecule has 3 amide bonds. The predicted molar refractivity (Wildman–Crippen MR) is 153 cm³/mol. The highest BCUT2D eigenvalue weighted by molar-refractivity contribution is 8.00. The number of halogens is 1. The van der Waals surface area contributed by atoms with Gasteiger partial charge in [-0.1, -0.05) is 34.7 Å². The van der Waals surface area contributed by atoms with E-state index in [0.29, 0.717) is 39.3 Å². The van der Waals surface area contributed by atoms with Gasteiger partial charge in [0.25, 0.3) is 11.6 Å². The van der Waals surface area contributed by atoms with Crippen molar-refractivity contribution in [3.05, 3.63) is 77.7 Å². The van der Waals surface area contributed by atoms with E-state index in [2.05, 4.69) is 4.98 Å². The quantitative estimate of drug-likeness (QED) is 0.247. The normalized spacial score (nSPS) is 21.9. The van der Waals surface area contributed by atoms with E-state index in [0.717, 1.165) is 47.3 Å². The van der Waals surface area contributed by atoms with Gasteiger partial charge in [-0.2, -0.15) is 0 Å². The number of amides is 3. The topological polar surface area (TPSA) is 143 Å². The lowest BCUT2D eigenvalue weighted by Crippen LogP contribution is -2.38. The first-order valence-electron chi connectivity index (χ1n) is 12.9. The lowest BCUT2D eigenvalue weighted by atomic mass is 9.82. The first-order valence-corrected chi connectivity index (χ1v) is 15.0. The number of benzene rings is 2. The maximum atomic E-state index is 14.0. The number of nitrogens with one attached hydrogen (secondary N) is 1. The second kappa shape index (κ2) is 11.0. The SMILES string of the molecule is O=C(COc1ccc(Cl)cc1[C@@H]1c2sc(=O)[nH]c2S[C@H]2C(=O)N(c3ccc([N+](=O)[O-])cc3)C(=O)[C@@H]12)N1CCCCC1. The molecule has 2 aromatic carbocycles. The van der Waals surface area contributed by atoms with Gasteiger partial charge in [0.05, 0.1) is 21.6 Å². The Bertz CT molecular complexity index is 1620. The molecular weight excluding hydrogens is 592 g/mol. The molecule has 0 unspecified atom stereocenters. The third kappa shape index (κ3) is 5.02. The molecule has 2 saturated heterocycles. The van der Waals surface area contributed by atoms with Crippen molar-refractivity contribution in [1.29, 1.82) is 0 Å². The molecule has 14 heteroatoms. The molecule has 0 aliphatic carbocycles. The van der Waals surface area contributed by atoms with Crippen LogP contribution in [0, 0.1) is 16.0 Å². The maximum Gasteiger partial charge on any atom is 0.305 e. The number of nitrogens with zero attached hydrogens (tertiary/aromatic N) is 3. The van der Waals surface area contributed by atoms with E-state index < -0.39 is 33.8 Å². The Labute approximate surface area is 246 Å². The number of hydrogen-bond acceptors (Lipinski definition) is 9. The number of thiazole rings is 1. The number of hydrogen-bond donors (Lipinski definition) is 1. The van der Waals surface area contributed by atoms with Gasteiger partial charge < -0.3 is 14.6 Å². The van der Waals surface area contributed by atoms with Gasteiger partial charge in [-0.05, 0) is 49.6 Å². The number of fused-ring (bicyclic) bond motifs is 2. The smallest absolute Gasteiger partial charge is 0.305 e. The number of aromatic nitrogens is 1. The van der Waals surface area contributed by atoms with Crippen molar-refractivity contribution < 1.29 is 24.0 Å². The summed E-state index contributed by atoms with van der Waals surface area (Å²) in [6.45, 7) is 1.15. The van der Waals surface area contributed by atoms with Crippen LogP contribution in [0.2, 0.25) is 5.02 Å². The summed E-state index contributed by atoms with van der Waals surface area (Å²) in [4.78, 5) is 69.3. The van der Waals surface area contributed by atoms with Gasteiger partial charge in [0.15, 0.2) is 6.61 Å². The Hall–Kier alpha value is -3.68. The van der Waals surface area contributed by atoms with Crippen molar-refractivity contribution in [2.75, 3.05) is 24.6 Å². The van der Waals surface area contributed by atoms with Crippen molar-refractivity contribution in [1.82, 2.24) is 9.88 Å². The Balaban J connectivity index is 1.38. The lowest BCUT2D eigenvalue weighted by molar-refractivity contribution is -0.384. The van der Waals surface area contributed by atoms with Crippen molar-refractivity contribution >= 4 is 63.8 Å². The van der Waals surface area contributed by atoms with E-state index in [1.54, 1.807) is 23.1 Å². The van der Waals surface area contributed by atoms with Gasteiger partial charge in [0.1, 0.15) is 11.0 Å². The summed E-state index contributed by atoms with van der Waals surface area (Å²) in [5.41, 5.74) is 0.533. The molecular formula is C27H23ClN4O7S2. The summed E-state index contributed by atoms with van der Waals surface area (Å²) in [5, 5.41) is 11.1. The van der Waals surface area contributed by atoms with E-state index in [4.69, 9.17) is 16.3 Å². The van der Waals surface area contributed by atoms with Gasteiger partial charge in [-0.3, -0.25) is 29.3 Å². The van der Waals surface area contributed by atoms with Crippen LogP contribution in [-0.4, -0.2) is 57.5 Å². The Morgan fingerprint density at radius 1 is 1.07 bits per heavy atom. The third-order valence-corrected chi connectivity index (χ3v) is 10.1. The standard InChI is InChI=1S/C27H23ClN4O7S2/c28-14-4-9-18(39-13-19(33)30-10-2-1-3-11-30)17(12-14)20-21-23(40-24-22(20)41-27(36)29-24)26(35)31(25(21)34)15-5-7-16(8-6-15)32(37)38/h4-9,12,20-21,23H,1-3,10-11,13H2,(H,29,36)/t20-,21-,23+/m0/s1. The number of nitro benzene ring substituents is 1. The molecule has 0 spiro atoms. The van der Waals surface area contributed by atoms with E-state index in [-0.39, 0.29) is 28.8 Å². The maximum absolute atomic E-state index is 14.0. The lowest BCUT2D eigenvalue weighted by Gasteiger charge is -2.31. The molecule has 3 aliphatic rings. The Kier molecular flexibility index (Phi) is 7.34. The summed E-state index contributed by atoms with van der Waals surface area (Å²) in [6.07, 6.45) is 2.97. The summed E-state index contributed by atoms with van der Waals surface area (Å²) < 4.78 is 6.03. The van der Waals surface area contributed by atoms with Crippen molar-refractivity contribution in [2.24, 2.45) is 5.92 Å². The first kappa shape index (κ1) is 27.5. The summed E-state index contributed by atoms with van der Waals surface area (Å²) in [7, 11) is 0. The molecule has 3 atom stereocenters. The highest BCUT2D eigenvalue weighted by Gasteiger charge is 2.57. The molecule has 1 aromatic heterocycles. The average molecular weight is 615 g/mol. The van der Waals surface area contributed by atoms with Crippen LogP contribution in [0.25, 0.3) is 0 Å². The van der Waals surface area contributed by atoms with Crippen LogP contribution >= 0.6 is 34.7 Å². The fourth-order valence-corrected chi connectivity index (χ4v) is 8.28. The van der Waals surface area contributed by atoms with Crippen LogP contribution < -0.4 is 14.5 Å². The Morgan fingerprint density at radius 3 is 2.51 bits per heavy atom. The number of likely N-dealkylation sites (tertiary alicyclic amines) is 1. The molecule has 0 bridgehead atoms. The largest absolute Gasteiger partial charge is 0.483 e. The van der Waals surface area contributed by atoms with Crippen molar-refractivity contribution in [2.45, 2.75) is 35.5 Å². The molecule has 4 heterocycles. The number of anilines is 1. The number of piperidine rings is 1. The number of nitro groups is 1. The molecule has 3 aliphatic heterocycles. The number of non-ortho nitro benzene ring substituents is 1. The van der Waals surface area contributed by atoms with Crippen LogP contribution in [0.3, 0.4) is 0 Å². The summed E-state index contributed by atoms with van der Waals surface area (Å²) in [5.74, 6) is -2.50. The average Bonchev–Trinajstić information content (AvgIpc) is 3.46. The fraction of sp³-hybridized carbons (Fsp3) is 0.333. The second-order valence-electron chi connectivity index (χ2n) is 9.95. The zero-order chi connectivity index (χ0) is 28.8. The predicted octanol–water partition coefficient (Wildman–Crippen LogP) is 4.19. The molecule has 3 aromatic rings. The van der Waals surface area contributed by atoms with Gasteiger partial charge in [0, 0.05) is 46.6 Å². The minimum Gasteiger partial charge on any atom is -0.483 e. The van der Waals surface area contributed by atoms with E-state index in [9.17, 15) is 29.3 Å². The number of H-pyrrole nitrogens is 1. The summed E-state index contributed by atoms with van der Waals surface area (Å²) >= 11 is 8.47. The number of carbonyl (C=O) groups is 3. The van der Waals surface area contributed by atoms with Gasteiger partial charge in [0.2, 0.25) is 11.8 Å². The number of carbonyl (C=O) groups excluding carboxylic acids is 3. The molecule has 41 heavy (non-hydrogen) atoms. The number of thioether (sulfide) groups is 1. The van der Waals surface area contributed by atoms with E-state index >= 15 is 0 Å². The second-order valence-corrected chi connectivity index (χ2v) is 12.6. The van der Waals surface area contributed by atoms with Gasteiger partial charge in [-0.15, -0.1) is 0 Å². The highest BCUT2D eigenvalue weighted by Crippen LogP contribution is 2.54. The molecule has 0 radical (unpaired) electrons. The first-order chi connectivity index (χ1) is 19.7. The van der Waals surface area contributed by atoms with Crippen LogP contribution in [0.4, 0.5) is 11.4 Å². The molecule has 6 rings (SSSR count). The monoisotopic (exact) mass is 614 g/mol. The number of ether oxygens (including phenoxy) is 1. The number of imide groups is 1. The third-order valence-electron chi connectivity index (χ3n) is 7.51. The molecule has 2 fully saturated rings. The van der Waals surface area contributed by atoms with Gasteiger partial charge in [-0.25, -0.2) is 4.90 Å². The molecule has 212 valence electrons. The number of aromatic amines is 1. The molecule has 11 nitrogen and oxygen atoms in total. The van der Waals surface area contributed by atoms with Crippen molar-refractivity contribution in [3.63, 3.8) is 0 Å². The van der Waals surface area contributed by atoms with Crippen LogP contribution in [-0.2, 0) is 14.4 Å². The Morgan fingerprint density at radius 2 is 1.80 bits per heavy atom. The summed E-state index contributed by atoms with van der Waals surface area (Å²) in [6, 6.07) is 10.1. The number of rotatable bonds is 6. The van der Waals surface area contributed by atoms with Crippen LogP contribution in [0.15, 0.2) is 52.3 Å². The zero-order valence-electron chi connectivity index (χ0n) is 21.4. The zero-order valence-corrected chi connectivity index (χ0v) is 23.8. The minimum atomic E-state index is -0.916. The van der Waals surface area contributed by atoms with E-state index in [1.165, 1.54) is 24.3 Å². The van der Waals surface area contributed by atoms with Crippen LogP contribution in [0.5, 0.6) is 5.75 Å². The van der Waals surface area contributed by atoms with Crippen LogP contribution in [0.1, 0.15) is 35.6 Å². The molecule has 0 saturated carbocycles. The minimum absolute atomic E-state index is 0.147. The van der Waals surface area contributed by atoms with Gasteiger partial charge >= 0.3 is 4.87 Å². The fourth-order valence-electron chi connectivity index (χ4n) is 5.60.